The first-order valence-corrected chi connectivity index (χ1v) is 5.44. The van der Waals surface area contributed by atoms with Crippen LogP contribution in [-0.4, -0.2) is 28.8 Å². The van der Waals surface area contributed by atoms with Crippen LogP contribution in [0, 0.1) is 0 Å². The lowest BCUT2D eigenvalue weighted by Gasteiger charge is -2.09. The summed E-state index contributed by atoms with van der Waals surface area (Å²) >= 11 is 0. The lowest BCUT2D eigenvalue weighted by atomic mass is 10.1. The largest absolute Gasteiger partial charge is 0.380 e. The number of nitrogens with two attached hydrogens (primary N) is 1. The minimum Gasteiger partial charge on any atom is -0.380 e. The lowest BCUT2D eigenvalue weighted by Crippen LogP contribution is -2.21. The molecule has 4 heteroatoms. The Kier molecular flexibility index (Phi) is 4.78. The van der Waals surface area contributed by atoms with Crippen molar-refractivity contribution < 1.29 is 4.74 Å². The molecule has 1 heterocycles. The lowest BCUT2D eigenvalue weighted by molar-refractivity contribution is 0.103. The number of hydrogen-bond acceptors (Lipinski definition) is 3. The molecule has 1 aromatic rings. The average Bonchev–Trinajstić information content (AvgIpc) is 2.65. The molecule has 0 saturated carbocycles. The van der Waals surface area contributed by atoms with Crippen LogP contribution in [-0.2, 0) is 17.7 Å². The van der Waals surface area contributed by atoms with Gasteiger partial charge in [0.1, 0.15) is 0 Å². The third-order valence-corrected chi connectivity index (χ3v) is 2.55. The molecule has 86 valence electrons. The normalized spacial score (nSPS) is 15.2. The van der Waals surface area contributed by atoms with E-state index in [0.717, 1.165) is 25.1 Å². The topological polar surface area (TPSA) is 53.1 Å². The molecule has 4 nitrogen and oxygen atoms in total. The van der Waals surface area contributed by atoms with Crippen LogP contribution in [0.15, 0.2) is 12.5 Å². The van der Waals surface area contributed by atoms with Crippen molar-refractivity contribution >= 4 is 0 Å². The first kappa shape index (κ1) is 12.2. The van der Waals surface area contributed by atoms with Crippen molar-refractivity contribution in [3.8, 4) is 0 Å². The third-order valence-electron chi connectivity index (χ3n) is 2.55. The monoisotopic (exact) mass is 211 g/mol. The second-order valence-corrected chi connectivity index (χ2v) is 3.98. The van der Waals surface area contributed by atoms with Crippen molar-refractivity contribution in [2.45, 2.75) is 45.4 Å². The number of hydrogen-bond donors (Lipinski definition) is 1. The van der Waals surface area contributed by atoms with Gasteiger partial charge in [-0.15, -0.1) is 0 Å². The van der Waals surface area contributed by atoms with Gasteiger partial charge in [0.25, 0.3) is 0 Å². The summed E-state index contributed by atoms with van der Waals surface area (Å²) in [5, 5.41) is 0. The molecule has 0 aromatic carbocycles. The molecule has 15 heavy (non-hydrogen) atoms. The molecule has 0 spiro atoms. The fourth-order valence-electron chi connectivity index (χ4n) is 1.40. The van der Waals surface area contributed by atoms with Crippen LogP contribution >= 0.6 is 0 Å². The highest BCUT2D eigenvalue weighted by molar-refractivity contribution is 4.99. The summed E-state index contributed by atoms with van der Waals surface area (Å²) in [5.74, 6) is 0. The average molecular weight is 211 g/mol. The Morgan fingerprint density at radius 2 is 2.33 bits per heavy atom. The van der Waals surface area contributed by atoms with E-state index in [4.69, 9.17) is 10.5 Å². The highest BCUT2D eigenvalue weighted by Crippen LogP contribution is 2.03. The maximum Gasteiger partial charge on any atom is 0.0950 e. The van der Waals surface area contributed by atoms with E-state index in [1.807, 2.05) is 24.0 Å². The third kappa shape index (κ3) is 4.01. The number of nitrogens with zero attached hydrogens (tertiary/aromatic N) is 2. The van der Waals surface area contributed by atoms with Crippen molar-refractivity contribution in [2.75, 3.05) is 7.11 Å². The summed E-state index contributed by atoms with van der Waals surface area (Å²) in [4.78, 5) is 4.32. The van der Waals surface area contributed by atoms with E-state index >= 15 is 0 Å². The predicted molar refractivity (Wildman–Crippen MR) is 60.7 cm³/mol. The first-order chi connectivity index (χ1) is 7.15. The van der Waals surface area contributed by atoms with Crippen molar-refractivity contribution in [1.82, 2.24) is 9.55 Å². The SMILES string of the molecule is CCC(N)Cc1cn(CC(C)OC)cn1. The van der Waals surface area contributed by atoms with Crippen LogP contribution in [0.2, 0.25) is 0 Å². The number of imidazole rings is 1. The summed E-state index contributed by atoms with van der Waals surface area (Å²) in [6.45, 7) is 4.97. The standard InChI is InChI=1S/C11H21N3O/c1-4-10(12)5-11-7-14(8-13-11)6-9(2)15-3/h7-10H,4-6,12H2,1-3H3. The number of aromatic nitrogens is 2. The Morgan fingerprint density at radius 1 is 1.60 bits per heavy atom. The fourth-order valence-corrected chi connectivity index (χ4v) is 1.40. The highest BCUT2D eigenvalue weighted by atomic mass is 16.5. The Bertz CT molecular complexity index is 259. The smallest absolute Gasteiger partial charge is 0.0950 e. The summed E-state index contributed by atoms with van der Waals surface area (Å²) in [5.41, 5.74) is 6.93. The summed E-state index contributed by atoms with van der Waals surface area (Å²) in [6, 6.07) is 0.216. The van der Waals surface area contributed by atoms with Crippen LogP contribution in [0.3, 0.4) is 0 Å². The van der Waals surface area contributed by atoms with E-state index in [1.54, 1.807) is 7.11 Å². The maximum absolute atomic E-state index is 5.87. The van der Waals surface area contributed by atoms with Crippen molar-refractivity contribution in [1.29, 1.82) is 0 Å². The van der Waals surface area contributed by atoms with Gasteiger partial charge in [-0.1, -0.05) is 6.92 Å². The van der Waals surface area contributed by atoms with Gasteiger partial charge in [-0.05, 0) is 13.3 Å². The molecule has 2 N–H and O–H groups in total. The zero-order valence-corrected chi connectivity index (χ0v) is 9.81. The van der Waals surface area contributed by atoms with Gasteiger partial charge in [0.05, 0.1) is 18.1 Å². The van der Waals surface area contributed by atoms with Gasteiger partial charge in [-0.2, -0.15) is 0 Å². The van der Waals surface area contributed by atoms with Gasteiger partial charge >= 0.3 is 0 Å². The molecule has 0 radical (unpaired) electrons. The highest BCUT2D eigenvalue weighted by Gasteiger charge is 2.06. The van der Waals surface area contributed by atoms with Gasteiger partial charge in [-0.25, -0.2) is 4.98 Å². The molecule has 2 unspecified atom stereocenters. The molecule has 0 aliphatic heterocycles. The number of rotatable bonds is 6. The molecule has 0 amide bonds. The second-order valence-electron chi connectivity index (χ2n) is 3.98. The van der Waals surface area contributed by atoms with E-state index < -0.39 is 0 Å². The number of methoxy groups -OCH3 is 1. The van der Waals surface area contributed by atoms with Gasteiger partial charge in [-0.3, -0.25) is 0 Å². The molecule has 0 aliphatic carbocycles. The van der Waals surface area contributed by atoms with E-state index in [2.05, 4.69) is 11.9 Å². The molecule has 0 saturated heterocycles. The Balaban J connectivity index is 2.49. The van der Waals surface area contributed by atoms with E-state index in [9.17, 15) is 0 Å². The Hall–Kier alpha value is -0.870. The van der Waals surface area contributed by atoms with Crippen molar-refractivity contribution in [3.63, 3.8) is 0 Å². The molecule has 0 fully saturated rings. The summed E-state index contributed by atoms with van der Waals surface area (Å²) in [6.07, 6.45) is 5.94. The van der Waals surface area contributed by atoms with Gasteiger partial charge < -0.3 is 15.0 Å². The zero-order chi connectivity index (χ0) is 11.3. The van der Waals surface area contributed by atoms with Gasteiger partial charge in [0, 0.05) is 32.3 Å². The van der Waals surface area contributed by atoms with Crippen molar-refractivity contribution in [2.24, 2.45) is 5.73 Å². The minimum absolute atomic E-state index is 0.215. The minimum atomic E-state index is 0.215. The Labute approximate surface area is 91.4 Å². The molecule has 1 rings (SSSR count). The van der Waals surface area contributed by atoms with E-state index in [1.165, 1.54) is 0 Å². The summed E-state index contributed by atoms with van der Waals surface area (Å²) < 4.78 is 7.24. The summed E-state index contributed by atoms with van der Waals surface area (Å²) in [7, 11) is 1.72. The molecular weight excluding hydrogens is 190 g/mol. The van der Waals surface area contributed by atoms with Gasteiger partial charge in [0.15, 0.2) is 0 Å². The first-order valence-electron chi connectivity index (χ1n) is 5.44. The quantitative estimate of drug-likeness (QED) is 0.769. The van der Waals surface area contributed by atoms with E-state index in [-0.39, 0.29) is 12.1 Å². The van der Waals surface area contributed by atoms with Crippen LogP contribution in [0.5, 0.6) is 0 Å². The van der Waals surface area contributed by atoms with Gasteiger partial charge in [0.2, 0.25) is 0 Å². The Morgan fingerprint density at radius 3 is 2.93 bits per heavy atom. The molecular formula is C11H21N3O. The van der Waals surface area contributed by atoms with Crippen molar-refractivity contribution in [3.05, 3.63) is 18.2 Å². The molecule has 1 aromatic heterocycles. The maximum atomic E-state index is 5.87. The molecule has 0 bridgehead atoms. The molecule has 0 aliphatic rings. The van der Waals surface area contributed by atoms with Crippen LogP contribution < -0.4 is 5.73 Å². The van der Waals surface area contributed by atoms with Crippen LogP contribution in [0.25, 0.3) is 0 Å². The van der Waals surface area contributed by atoms with Crippen LogP contribution in [0.4, 0.5) is 0 Å². The molecule has 2 atom stereocenters. The zero-order valence-electron chi connectivity index (χ0n) is 9.81. The number of ether oxygens (including phenoxy) is 1. The predicted octanol–water partition coefficient (Wildman–Crippen LogP) is 1.20. The van der Waals surface area contributed by atoms with E-state index in [0.29, 0.717) is 0 Å². The fraction of sp³-hybridized carbons (Fsp3) is 0.727. The van der Waals surface area contributed by atoms with Crippen LogP contribution in [0.1, 0.15) is 26.0 Å². The second kappa shape index (κ2) is 5.88.